The third-order valence-corrected chi connectivity index (χ3v) is 10.3. The maximum absolute atomic E-state index is 12.5. The largest absolute Gasteiger partial charge is 0.444 e. The van der Waals surface area contributed by atoms with Crippen LogP contribution in [0.2, 0.25) is 0 Å². The Bertz CT molecular complexity index is 1080. The molecule has 1 saturated carbocycles. The van der Waals surface area contributed by atoms with Crippen LogP contribution < -0.4 is 5.32 Å². The first kappa shape index (κ1) is 22.6. The number of furan rings is 1. The van der Waals surface area contributed by atoms with Crippen molar-refractivity contribution >= 4 is 42.6 Å². The van der Waals surface area contributed by atoms with Gasteiger partial charge in [-0.05, 0) is 81.4 Å². The van der Waals surface area contributed by atoms with Crippen molar-refractivity contribution in [3.05, 3.63) is 22.5 Å². The molecule has 2 aromatic rings. The zero-order chi connectivity index (χ0) is 22.2. The third kappa shape index (κ3) is 4.62. The molecule has 2 fully saturated rings. The van der Waals surface area contributed by atoms with Gasteiger partial charge in [0.15, 0.2) is 15.4 Å². The summed E-state index contributed by atoms with van der Waals surface area (Å²) < 4.78 is 31.2. The Morgan fingerprint density at radius 2 is 1.90 bits per heavy atom. The molecule has 1 N–H and O–H groups in total. The van der Waals surface area contributed by atoms with E-state index in [4.69, 9.17) is 9.68 Å². The van der Waals surface area contributed by atoms with E-state index in [9.17, 15) is 8.42 Å². The van der Waals surface area contributed by atoms with E-state index in [0.29, 0.717) is 17.7 Å². The summed E-state index contributed by atoms with van der Waals surface area (Å²) in [6.45, 7) is 5.33. The molecule has 2 aliphatic rings. The van der Waals surface area contributed by atoms with E-state index in [-0.39, 0.29) is 16.3 Å². The van der Waals surface area contributed by atoms with Crippen LogP contribution in [0.1, 0.15) is 58.1 Å². The van der Waals surface area contributed by atoms with Crippen molar-refractivity contribution in [3.63, 3.8) is 0 Å². The molecule has 0 bridgehead atoms. The standard InChI is InChI=1S/C22H29BrN4O3S/c1-14(2)31(28,29)18-7-9-27(10-8-18)16-5-3-15(4-6-16)26-22-21(23)19-11-17(12-24)30-20(19)13-25-22/h11,13-16,18H,3-10H2,1-2H3,(H,25,26). The van der Waals surface area contributed by atoms with Crippen LogP contribution in [-0.2, 0) is 9.84 Å². The average molecular weight is 509 g/mol. The SMILES string of the molecule is CC(C)S(=O)(=O)C1CCN(C2CCC(Nc3ncc4oc(C#N)cc4c3Br)CC2)CC1. The average Bonchev–Trinajstić information content (AvgIpc) is 3.20. The molecular weight excluding hydrogens is 480 g/mol. The van der Waals surface area contributed by atoms with Gasteiger partial charge in [-0.1, -0.05) is 0 Å². The summed E-state index contributed by atoms with van der Waals surface area (Å²) in [6, 6.07) is 4.63. The summed E-state index contributed by atoms with van der Waals surface area (Å²) in [7, 11) is -2.99. The second kappa shape index (κ2) is 9.08. The molecule has 0 radical (unpaired) electrons. The number of pyridine rings is 1. The molecule has 1 aliphatic heterocycles. The van der Waals surface area contributed by atoms with E-state index < -0.39 is 9.84 Å². The number of hydrogen-bond donors (Lipinski definition) is 1. The lowest BCUT2D eigenvalue weighted by atomic mass is 9.89. The molecule has 0 atom stereocenters. The number of halogens is 1. The fourth-order valence-corrected chi connectivity index (χ4v) is 7.03. The highest BCUT2D eigenvalue weighted by atomic mass is 79.9. The van der Waals surface area contributed by atoms with Gasteiger partial charge in [-0.3, -0.25) is 0 Å². The van der Waals surface area contributed by atoms with Crippen molar-refractivity contribution in [3.8, 4) is 6.07 Å². The van der Waals surface area contributed by atoms with Crippen molar-refractivity contribution in [1.29, 1.82) is 5.26 Å². The molecule has 2 aromatic heterocycles. The fraction of sp³-hybridized carbons (Fsp3) is 0.636. The van der Waals surface area contributed by atoms with Crippen LogP contribution in [0, 0.1) is 11.3 Å². The molecule has 0 amide bonds. The zero-order valence-electron chi connectivity index (χ0n) is 18.0. The lowest BCUT2D eigenvalue weighted by Gasteiger charge is -2.41. The predicted molar refractivity (Wildman–Crippen MR) is 125 cm³/mol. The van der Waals surface area contributed by atoms with Gasteiger partial charge >= 0.3 is 0 Å². The van der Waals surface area contributed by atoms with Crippen molar-refractivity contribution in [2.75, 3.05) is 18.4 Å². The van der Waals surface area contributed by atoms with Crippen LogP contribution in [0.5, 0.6) is 0 Å². The van der Waals surface area contributed by atoms with Gasteiger partial charge in [0.1, 0.15) is 11.9 Å². The molecule has 168 valence electrons. The highest BCUT2D eigenvalue weighted by Crippen LogP contribution is 2.34. The van der Waals surface area contributed by atoms with Crippen LogP contribution >= 0.6 is 15.9 Å². The molecule has 1 saturated heterocycles. The van der Waals surface area contributed by atoms with Gasteiger partial charge in [0.05, 0.1) is 21.2 Å². The maximum atomic E-state index is 12.5. The first-order valence-corrected chi connectivity index (χ1v) is 13.4. The van der Waals surface area contributed by atoms with Gasteiger partial charge in [0.2, 0.25) is 5.76 Å². The minimum absolute atomic E-state index is 0.176. The van der Waals surface area contributed by atoms with Crippen molar-refractivity contribution in [2.24, 2.45) is 0 Å². The van der Waals surface area contributed by atoms with Gasteiger partial charge in [-0.2, -0.15) is 5.26 Å². The van der Waals surface area contributed by atoms with E-state index in [1.54, 1.807) is 26.1 Å². The summed E-state index contributed by atoms with van der Waals surface area (Å²) in [6.07, 6.45) is 7.47. The van der Waals surface area contributed by atoms with Gasteiger partial charge in [-0.25, -0.2) is 13.4 Å². The van der Waals surface area contributed by atoms with E-state index in [1.807, 2.05) is 6.07 Å². The number of fused-ring (bicyclic) bond motifs is 1. The highest BCUT2D eigenvalue weighted by Gasteiger charge is 2.35. The van der Waals surface area contributed by atoms with Crippen molar-refractivity contribution in [1.82, 2.24) is 9.88 Å². The zero-order valence-corrected chi connectivity index (χ0v) is 20.4. The summed E-state index contributed by atoms with van der Waals surface area (Å²) in [5.74, 6) is 1.06. The molecule has 31 heavy (non-hydrogen) atoms. The number of rotatable bonds is 5. The summed E-state index contributed by atoms with van der Waals surface area (Å²) in [4.78, 5) is 6.97. The van der Waals surface area contributed by atoms with E-state index in [2.05, 4.69) is 31.1 Å². The molecule has 9 heteroatoms. The summed E-state index contributed by atoms with van der Waals surface area (Å²) in [5, 5.41) is 13.0. The molecule has 0 spiro atoms. The Labute approximate surface area is 192 Å². The normalized spacial score (nSPS) is 23.8. The van der Waals surface area contributed by atoms with E-state index in [1.165, 1.54) is 0 Å². The Balaban J connectivity index is 1.31. The number of nitriles is 1. The fourth-order valence-electron chi connectivity index (χ4n) is 4.87. The monoisotopic (exact) mass is 508 g/mol. The number of hydrogen-bond acceptors (Lipinski definition) is 7. The van der Waals surface area contributed by atoms with E-state index >= 15 is 0 Å². The maximum Gasteiger partial charge on any atom is 0.204 e. The van der Waals surface area contributed by atoms with Crippen LogP contribution in [0.4, 0.5) is 5.82 Å². The van der Waals surface area contributed by atoms with Gasteiger partial charge in [0.25, 0.3) is 0 Å². The van der Waals surface area contributed by atoms with Gasteiger partial charge in [-0.15, -0.1) is 0 Å². The quantitative estimate of drug-likeness (QED) is 0.635. The number of aromatic nitrogens is 1. The first-order valence-electron chi connectivity index (χ1n) is 11.0. The Morgan fingerprint density at radius 3 is 2.52 bits per heavy atom. The second-order valence-corrected chi connectivity index (χ2v) is 12.5. The minimum Gasteiger partial charge on any atom is -0.444 e. The van der Waals surface area contributed by atoms with Crippen LogP contribution in [0.3, 0.4) is 0 Å². The molecule has 7 nitrogen and oxygen atoms in total. The first-order chi connectivity index (χ1) is 14.8. The van der Waals surface area contributed by atoms with Crippen molar-refractivity contribution < 1.29 is 12.8 Å². The van der Waals surface area contributed by atoms with Crippen LogP contribution in [0.25, 0.3) is 11.0 Å². The Kier molecular flexibility index (Phi) is 6.61. The topological polar surface area (TPSA) is 99.2 Å². The van der Waals surface area contributed by atoms with Gasteiger partial charge < -0.3 is 14.6 Å². The number of nitrogens with one attached hydrogen (secondary N) is 1. The predicted octanol–water partition coefficient (Wildman–Crippen LogP) is 4.47. The molecule has 0 aromatic carbocycles. The molecule has 0 unspecified atom stereocenters. The molecular formula is C22H29BrN4O3S. The highest BCUT2D eigenvalue weighted by molar-refractivity contribution is 9.10. The lowest BCUT2D eigenvalue weighted by molar-refractivity contribution is 0.128. The van der Waals surface area contributed by atoms with Crippen LogP contribution in [-0.4, -0.2) is 54.0 Å². The Morgan fingerprint density at radius 1 is 1.23 bits per heavy atom. The molecule has 1 aliphatic carbocycles. The van der Waals surface area contributed by atoms with Crippen LogP contribution in [0.15, 0.2) is 21.2 Å². The number of piperidine rings is 1. The smallest absolute Gasteiger partial charge is 0.204 e. The van der Waals surface area contributed by atoms with Crippen molar-refractivity contribution in [2.45, 2.75) is 75.0 Å². The number of anilines is 1. The minimum atomic E-state index is -2.99. The number of sulfone groups is 1. The summed E-state index contributed by atoms with van der Waals surface area (Å²) in [5.41, 5.74) is 0.598. The lowest BCUT2D eigenvalue weighted by Crippen LogP contribution is -2.47. The molecule has 4 rings (SSSR count). The molecule has 3 heterocycles. The van der Waals surface area contributed by atoms with Gasteiger partial charge in [0, 0.05) is 23.5 Å². The third-order valence-electron chi connectivity index (χ3n) is 6.78. The number of nitrogens with zero attached hydrogens (tertiary/aromatic N) is 3. The summed E-state index contributed by atoms with van der Waals surface area (Å²) >= 11 is 3.61. The second-order valence-electron chi connectivity index (χ2n) is 8.94. The Hall–Kier alpha value is -1.63. The number of likely N-dealkylation sites (tertiary alicyclic amines) is 1. The van der Waals surface area contributed by atoms with E-state index in [0.717, 1.165) is 67.3 Å².